The topological polar surface area (TPSA) is 83.6 Å². The van der Waals surface area contributed by atoms with Crippen LogP contribution in [0.5, 0.6) is 5.75 Å². The van der Waals surface area contributed by atoms with Gasteiger partial charge in [0.2, 0.25) is 0 Å². The van der Waals surface area contributed by atoms with E-state index in [2.05, 4.69) is 0 Å². The second kappa shape index (κ2) is 5.81. The number of phenols is 1. The van der Waals surface area contributed by atoms with Crippen molar-refractivity contribution >= 4 is 39.9 Å². The van der Waals surface area contributed by atoms with Crippen LogP contribution >= 0.6 is 11.8 Å². The number of nitrogens with zero attached hydrogens (tertiary/aromatic N) is 1. The highest BCUT2D eigenvalue weighted by molar-refractivity contribution is 8.19. The maximum absolute atomic E-state index is 12.6. The molecule has 0 aliphatic carbocycles. The zero-order chi connectivity index (χ0) is 16.6. The van der Waals surface area contributed by atoms with Crippen LogP contribution in [0.1, 0.15) is 12.5 Å². The number of carbonyl (C=O) groups excluding carboxylic acids is 2. The van der Waals surface area contributed by atoms with Gasteiger partial charge in [-0.05, 0) is 66.2 Å². The molecule has 1 aliphatic rings. The maximum Gasteiger partial charge on any atom is 0.298 e. The molecule has 3 rings (SSSR count). The third-order valence-electron chi connectivity index (χ3n) is 3.56. The number of rotatable bonds is 2. The van der Waals surface area contributed by atoms with Gasteiger partial charge in [-0.25, -0.2) is 4.90 Å². The number of aromatic hydroxyl groups is 1. The van der Waals surface area contributed by atoms with Crippen LogP contribution in [0, 0.1) is 0 Å². The summed E-state index contributed by atoms with van der Waals surface area (Å²) < 4.78 is 0. The lowest BCUT2D eigenvalue weighted by Crippen LogP contribution is -2.27. The summed E-state index contributed by atoms with van der Waals surface area (Å²) in [5.41, 5.74) is 8.32. The number of amides is 2. The predicted octanol–water partition coefficient (Wildman–Crippen LogP) is 3.61. The van der Waals surface area contributed by atoms with Crippen molar-refractivity contribution in [1.29, 1.82) is 0 Å². The van der Waals surface area contributed by atoms with Gasteiger partial charge in [0, 0.05) is 5.69 Å². The van der Waals surface area contributed by atoms with Crippen molar-refractivity contribution in [1.82, 2.24) is 0 Å². The van der Waals surface area contributed by atoms with Crippen LogP contribution in [0.2, 0.25) is 0 Å². The normalized spacial score (nSPS) is 16.8. The lowest BCUT2D eigenvalue weighted by molar-refractivity contribution is -0.113. The van der Waals surface area contributed by atoms with Crippen LogP contribution in [0.3, 0.4) is 0 Å². The number of anilines is 2. The van der Waals surface area contributed by atoms with Crippen molar-refractivity contribution in [2.45, 2.75) is 6.92 Å². The molecule has 0 bridgehead atoms. The molecule has 5 nitrogen and oxygen atoms in total. The van der Waals surface area contributed by atoms with E-state index in [0.717, 1.165) is 27.8 Å². The minimum absolute atomic E-state index is 0.0781. The Morgan fingerprint density at radius 3 is 2.26 bits per heavy atom. The van der Waals surface area contributed by atoms with Gasteiger partial charge in [0.1, 0.15) is 5.75 Å². The van der Waals surface area contributed by atoms with Crippen molar-refractivity contribution < 1.29 is 14.7 Å². The Balaban J connectivity index is 1.98. The van der Waals surface area contributed by atoms with Gasteiger partial charge in [-0.2, -0.15) is 0 Å². The molecule has 0 aromatic heterocycles. The van der Waals surface area contributed by atoms with Gasteiger partial charge in [-0.1, -0.05) is 12.1 Å². The van der Waals surface area contributed by atoms with E-state index in [4.69, 9.17) is 5.73 Å². The highest BCUT2D eigenvalue weighted by Gasteiger charge is 2.37. The van der Waals surface area contributed by atoms with E-state index in [-0.39, 0.29) is 16.9 Å². The molecule has 2 amide bonds. The minimum Gasteiger partial charge on any atom is -0.508 e. The van der Waals surface area contributed by atoms with Crippen LogP contribution in [-0.2, 0) is 4.79 Å². The molecular weight excluding hydrogens is 312 g/mol. The molecule has 0 radical (unpaired) electrons. The Kier molecular flexibility index (Phi) is 3.83. The van der Waals surface area contributed by atoms with E-state index < -0.39 is 0 Å². The number of hydrogen-bond donors (Lipinski definition) is 2. The fourth-order valence-corrected chi connectivity index (χ4v) is 3.19. The molecular formula is C17H14N2O3S. The Hall–Kier alpha value is -2.73. The number of allylic oxidation sites excluding steroid dienone is 1. The van der Waals surface area contributed by atoms with Crippen molar-refractivity contribution in [2.24, 2.45) is 0 Å². The largest absolute Gasteiger partial charge is 0.508 e. The van der Waals surface area contributed by atoms with Gasteiger partial charge >= 0.3 is 0 Å². The molecule has 2 aromatic rings. The van der Waals surface area contributed by atoms with Crippen LogP contribution < -0.4 is 10.6 Å². The van der Waals surface area contributed by atoms with Crippen LogP contribution in [-0.4, -0.2) is 16.3 Å². The molecule has 6 heteroatoms. The van der Waals surface area contributed by atoms with E-state index in [0.29, 0.717) is 16.3 Å². The Labute approximate surface area is 137 Å². The van der Waals surface area contributed by atoms with E-state index in [1.54, 1.807) is 19.1 Å². The first kappa shape index (κ1) is 15.2. The first-order valence-electron chi connectivity index (χ1n) is 6.89. The van der Waals surface area contributed by atoms with Gasteiger partial charge in [0.15, 0.2) is 0 Å². The summed E-state index contributed by atoms with van der Waals surface area (Å²) >= 11 is 0.911. The molecule has 116 valence electrons. The monoisotopic (exact) mass is 326 g/mol. The third kappa shape index (κ3) is 2.80. The zero-order valence-corrected chi connectivity index (χ0v) is 13.1. The second-order valence-electron chi connectivity index (χ2n) is 5.10. The van der Waals surface area contributed by atoms with Crippen LogP contribution in [0.25, 0.3) is 5.57 Å². The number of phenolic OH excluding ortho intramolecular Hbond substituents is 1. The SMILES string of the molecule is C/C(=C1/SC(=O)N(c2ccc(O)cc2)C1=O)c1ccc(N)cc1. The van der Waals surface area contributed by atoms with Crippen molar-refractivity contribution in [3.05, 3.63) is 59.0 Å². The molecule has 3 N–H and O–H groups in total. The van der Waals surface area contributed by atoms with Crippen molar-refractivity contribution in [3.8, 4) is 5.75 Å². The van der Waals surface area contributed by atoms with Gasteiger partial charge in [0.05, 0.1) is 10.6 Å². The lowest BCUT2D eigenvalue weighted by Gasteiger charge is -2.12. The highest BCUT2D eigenvalue weighted by atomic mass is 32.2. The zero-order valence-electron chi connectivity index (χ0n) is 12.3. The molecule has 1 heterocycles. The molecule has 0 spiro atoms. The van der Waals surface area contributed by atoms with E-state index in [1.807, 2.05) is 12.1 Å². The number of imide groups is 1. The average molecular weight is 326 g/mol. The molecule has 0 atom stereocenters. The molecule has 0 saturated carbocycles. The fourth-order valence-electron chi connectivity index (χ4n) is 2.29. The number of hydrogen-bond acceptors (Lipinski definition) is 5. The summed E-state index contributed by atoms with van der Waals surface area (Å²) in [4.78, 5) is 26.4. The van der Waals surface area contributed by atoms with Gasteiger partial charge in [-0.3, -0.25) is 9.59 Å². The number of benzene rings is 2. The summed E-state index contributed by atoms with van der Waals surface area (Å²) in [6.07, 6.45) is 0. The standard InChI is InChI=1S/C17H14N2O3S/c1-10(11-2-4-12(18)5-3-11)15-16(21)19(17(22)23-15)13-6-8-14(20)9-7-13/h2-9,20H,18H2,1H3/b15-10-. The number of nitrogen functional groups attached to an aromatic ring is 1. The quantitative estimate of drug-likeness (QED) is 0.650. The fraction of sp³-hybridized carbons (Fsp3) is 0.0588. The van der Waals surface area contributed by atoms with E-state index in [9.17, 15) is 14.7 Å². The Morgan fingerprint density at radius 2 is 1.65 bits per heavy atom. The van der Waals surface area contributed by atoms with Gasteiger partial charge in [0.25, 0.3) is 11.1 Å². The number of thioether (sulfide) groups is 1. The van der Waals surface area contributed by atoms with Gasteiger partial charge in [-0.15, -0.1) is 0 Å². The summed E-state index contributed by atoms with van der Waals surface area (Å²) in [6.45, 7) is 1.80. The van der Waals surface area contributed by atoms with Gasteiger partial charge < -0.3 is 10.8 Å². The molecule has 2 aromatic carbocycles. The first-order valence-corrected chi connectivity index (χ1v) is 7.71. The summed E-state index contributed by atoms with van der Waals surface area (Å²) in [5, 5.41) is 8.97. The molecule has 1 aliphatic heterocycles. The summed E-state index contributed by atoms with van der Waals surface area (Å²) in [5.74, 6) is -0.283. The molecule has 1 saturated heterocycles. The maximum atomic E-state index is 12.6. The predicted molar refractivity (Wildman–Crippen MR) is 92.0 cm³/mol. The average Bonchev–Trinajstić information content (AvgIpc) is 2.83. The Morgan fingerprint density at radius 1 is 1.04 bits per heavy atom. The van der Waals surface area contributed by atoms with E-state index >= 15 is 0 Å². The lowest BCUT2D eigenvalue weighted by atomic mass is 10.1. The van der Waals surface area contributed by atoms with Crippen molar-refractivity contribution in [3.63, 3.8) is 0 Å². The molecule has 0 unspecified atom stereocenters. The Bertz CT molecular complexity index is 811. The summed E-state index contributed by atoms with van der Waals surface area (Å²) in [7, 11) is 0. The second-order valence-corrected chi connectivity index (χ2v) is 6.06. The summed E-state index contributed by atoms with van der Waals surface area (Å²) in [6, 6.07) is 13.1. The number of nitrogens with two attached hydrogens (primary N) is 1. The number of carbonyl (C=O) groups is 2. The first-order chi connectivity index (χ1) is 11.0. The smallest absolute Gasteiger partial charge is 0.298 e. The van der Waals surface area contributed by atoms with Crippen molar-refractivity contribution in [2.75, 3.05) is 10.6 Å². The molecule has 23 heavy (non-hydrogen) atoms. The van der Waals surface area contributed by atoms with E-state index in [1.165, 1.54) is 24.3 Å². The highest BCUT2D eigenvalue weighted by Crippen LogP contribution is 2.39. The van der Waals surface area contributed by atoms with Crippen LogP contribution in [0.4, 0.5) is 16.2 Å². The minimum atomic E-state index is -0.361. The third-order valence-corrected chi connectivity index (χ3v) is 4.60. The molecule has 1 fully saturated rings. The van der Waals surface area contributed by atoms with Crippen LogP contribution in [0.15, 0.2) is 53.4 Å².